The van der Waals surface area contributed by atoms with Gasteiger partial charge in [-0.15, -0.1) is 0 Å². The van der Waals surface area contributed by atoms with Crippen molar-refractivity contribution in [2.24, 2.45) is 5.92 Å². The molecule has 2 aromatic rings. The number of nitrogens with zero attached hydrogens (tertiary/aromatic N) is 1. The highest BCUT2D eigenvalue weighted by molar-refractivity contribution is 7.86. The van der Waals surface area contributed by atoms with Gasteiger partial charge in [-0.25, -0.2) is 0 Å². The van der Waals surface area contributed by atoms with Crippen LogP contribution >= 0.6 is 0 Å². The lowest BCUT2D eigenvalue weighted by Gasteiger charge is -2.25. The second-order valence-corrected chi connectivity index (χ2v) is 8.46. The first kappa shape index (κ1) is 20.0. The summed E-state index contributed by atoms with van der Waals surface area (Å²) in [7, 11) is -3.59. The third-order valence-corrected chi connectivity index (χ3v) is 4.19. The van der Waals surface area contributed by atoms with Crippen LogP contribution in [0.2, 0.25) is 0 Å². The minimum atomic E-state index is -3.59. The quantitative estimate of drug-likeness (QED) is 0.693. The van der Waals surface area contributed by atoms with Crippen molar-refractivity contribution in [2.75, 3.05) is 12.8 Å². The van der Waals surface area contributed by atoms with Crippen molar-refractivity contribution in [3.63, 3.8) is 0 Å². The van der Waals surface area contributed by atoms with Crippen LogP contribution in [0, 0.1) is 12.8 Å². The second-order valence-electron chi connectivity index (χ2n) is 6.88. The van der Waals surface area contributed by atoms with Crippen molar-refractivity contribution in [2.45, 2.75) is 27.3 Å². The molecule has 0 aliphatic carbocycles. The second kappa shape index (κ2) is 8.36. The molecular weight excluding hydrogens is 350 g/mol. The van der Waals surface area contributed by atoms with Crippen LogP contribution < -0.4 is 4.18 Å². The maximum Gasteiger partial charge on any atom is 0.306 e. The van der Waals surface area contributed by atoms with E-state index in [4.69, 9.17) is 4.18 Å². The average Bonchev–Trinajstić information content (AvgIpc) is 2.52. The molecule has 0 fully saturated rings. The van der Waals surface area contributed by atoms with E-state index in [-0.39, 0.29) is 11.7 Å². The van der Waals surface area contributed by atoms with Gasteiger partial charge in [-0.2, -0.15) is 8.42 Å². The number of hydrogen-bond acceptors (Lipinski definition) is 4. The fraction of sp³-hybridized carbons (Fsp3) is 0.350. The predicted molar refractivity (Wildman–Crippen MR) is 103 cm³/mol. The van der Waals surface area contributed by atoms with Gasteiger partial charge in [-0.05, 0) is 42.7 Å². The number of rotatable bonds is 7. The molecule has 0 bridgehead atoms. The SMILES string of the molecule is Cc1ccc(C(=O)N(Cc2cccc(OS(C)(=O)=O)c2)CC(C)C)cc1. The van der Waals surface area contributed by atoms with Crippen LogP contribution in [0.3, 0.4) is 0 Å². The van der Waals surface area contributed by atoms with Crippen LogP contribution in [0.5, 0.6) is 5.75 Å². The maximum absolute atomic E-state index is 12.9. The molecule has 0 unspecified atom stereocenters. The first-order valence-corrected chi connectivity index (χ1v) is 10.3. The third kappa shape index (κ3) is 6.19. The number of aryl methyl sites for hydroxylation is 1. The molecule has 0 aliphatic heterocycles. The van der Waals surface area contributed by atoms with Crippen LogP contribution in [0.1, 0.15) is 35.3 Å². The summed E-state index contributed by atoms with van der Waals surface area (Å²) >= 11 is 0. The van der Waals surface area contributed by atoms with Crippen LogP contribution in [0.4, 0.5) is 0 Å². The van der Waals surface area contributed by atoms with Crippen LogP contribution in [0.15, 0.2) is 48.5 Å². The predicted octanol–water partition coefficient (Wildman–Crippen LogP) is 3.63. The van der Waals surface area contributed by atoms with Gasteiger partial charge >= 0.3 is 10.1 Å². The van der Waals surface area contributed by atoms with Gasteiger partial charge in [0, 0.05) is 18.7 Å². The largest absolute Gasteiger partial charge is 0.383 e. The highest BCUT2D eigenvalue weighted by atomic mass is 32.2. The van der Waals surface area contributed by atoms with Crippen molar-refractivity contribution < 1.29 is 17.4 Å². The van der Waals surface area contributed by atoms with Gasteiger partial charge in [0.1, 0.15) is 5.75 Å². The molecule has 0 radical (unpaired) electrons. The van der Waals surface area contributed by atoms with Gasteiger partial charge in [0.25, 0.3) is 5.91 Å². The normalized spacial score (nSPS) is 11.4. The molecule has 140 valence electrons. The van der Waals surface area contributed by atoms with E-state index in [0.29, 0.717) is 24.6 Å². The van der Waals surface area contributed by atoms with Gasteiger partial charge in [-0.3, -0.25) is 4.79 Å². The van der Waals surface area contributed by atoms with E-state index in [0.717, 1.165) is 17.4 Å². The summed E-state index contributed by atoms with van der Waals surface area (Å²) in [6, 6.07) is 14.3. The van der Waals surface area contributed by atoms with Crippen LogP contribution in [0.25, 0.3) is 0 Å². The van der Waals surface area contributed by atoms with Crippen molar-refractivity contribution in [1.29, 1.82) is 0 Å². The van der Waals surface area contributed by atoms with Crippen LogP contribution in [-0.2, 0) is 16.7 Å². The standard InChI is InChI=1S/C20H25NO4S/c1-15(2)13-21(20(22)18-10-8-16(3)9-11-18)14-17-6-5-7-19(12-17)25-26(4,23)24/h5-12,15H,13-14H2,1-4H3. The summed E-state index contributed by atoms with van der Waals surface area (Å²) in [5.41, 5.74) is 2.55. The summed E-state index contributed by atoms with van der Waals surface area (Å²) in [5, 5.41) is 0. The van der Waals surface area contributed by atoms with E-state index < -0.39 is 10.1 Å². The first-order chi connectivity index (χ1) is 12.1. The number of hydrogen-bond donors (Lipinski definition) is 0. The summed E-state index contributed by atoms with van der Waals surface area (Å²) < 4.78 is 27.6. The Kier molecular flexibility index (Phi) is 6.42. The zero-order valence-electron chi connectivity index (χ0n) is 15.6. The van der Waals surface area contributed by atoms with E-state index in [1.807, 2.05) is 37.3 Å². The lowest BCUT2D eigenvalue weighted by atomic mass is 10.1. The Bertz CT molecular complexity index is 858. The Balaban J connectivity index is 2.23. The summed E-state index contributed by atoms with van der Waals surface area (Å²) in [4.78, 5) is 14.7. The van der Waals surface area contributed by atoms with E-state index in [9.17, 15) is 13.2 Å². The first-order valence-electron chi connectivity index (χ1n) is 8.48. The molecule has 2 rings (SSSR count). The zero-order valence-corrected chi connectivity index (χ0v) is 16.4. The van der Waals surface area contributed by atoms with E-state index in [1.54, 1.807) is 23.1 Å². The van der Waals surface area contributed by atoms with E-state index in [1.165, 1.54) is 0 Å². The zero-order chi connectivity index (χ0) is 19.3. The molecule has 0 heterocycles. The Morgan fingerprint density at radius 2 is 1.77 bits per heavy atom. The van der Waals surface area contributed by atoms with Crippen molar-refractivity contribution >= 4 is 16.0 Å². The Hall–Kier alpha value is -2.34. The molecular formula is C20H25NO4S. The molecule has 26 heavy (non-hydrogen) atoms. The molecule has 0 aliphatic rings. The number of carbonyl (C=O) groups excluding carboxylic acids is 1. The molecule has 2 aromatic carbocycles. The minimum Gasteiger partial charge on any atom is -0.383 e. The van der Waals surface area contributed by atoms with E-state index >= 15 is 0 Å². The van der Waals surface area contributed by atoms with Gasteiger partial charge in [0.2, 0.25) is 0 Å². The molecule has 5 nitrogen and oxygen atoms in total. The smallest absolute Gasteiger partial charge is 0.306 e. The molecule has 0 spiro atoms. The van der Waals surface area contributed by atoms with Gasteiger partial charge in [0.15, 0.2) is 0 Å². The van der Waals surface area contributed by atoms with Crippen LogP contribution in [-0.4, -0.2) is 32.0 Å². The van der Waals surface area contributed by atoms with Crippen molar-refractivity contribution in [1.82, 2.24) is 4.90 Å². The molecule has 0 N–H and O–H groups in total. The highest BCUT2D eigenvalue weighted by Gasteiger charge is 2.18. The summed E-state index contributed by atoms with van der Waals surface area (Å²) in [6.45, 7) is 7.07. The number of amides is 1. The molecule has 0 saturated heterocycles. The Morgan fingerprint density at radius 1 is 1.12 bits per heavy atom. The monoisotopic (exact) mass is 375 g/mol. The fourth-order valence-electron chi connectivity index (χ4n) is 2.63. The van der Waals surface area contributed by atoms with Crippen molar-refractivity contribution in [3.05, 3.63) is 65.2 Å². The van der Waals surface area contributed by atoms with Gasteiger partial charge in [0.05, 0.1) is 6.26 Å². The Morgan fingerprint density at radius 3 is 2.35 bits per heavy atom. The lowest BCUT2D eigenvalue weighted by molar-refractivity contribution is 0.0722. The average molecular weight is 375 g/mol. The minimum absolute atomic E-state index is 0.0480. The maximum atomic E-state index is 12.9. The third-order valence-electron chi connectivity index (χ3n) is 3.69. The highest BCUT2D eigenvalue weighted by Crippen LogP contribution is 2.18. The molecule has 6 heteroatoms. The summed E-state index contributed by atoms with van der Waals surface area (Å²) in [5.74, 6) is 0.505. The number of carbonyl (C=O) groups is 1. The van der Waals surface area contributed by atoms with Gasteiger partial charge in [-0.1, -0.05) is 43.7 Å². The molecule has 0 aromatic heterocycles. The van der Waals surface area contributed by atoms with Crippen molar-refractivity contribution in [3.8, 4) is 5.75 Å². The molecule has 1 amide bonds. The van der Waals surface area contributed by atoms with Gasteiger partial charge < -0.3 is 9.08 Å². The van der Waals surface area contributed by atoms with E-state index in [2.05, 4.69) is 13.8 Å². The molecule has 0 saturated carbocycles. The number of benzene rings is 2. The molecule has 0 atom stereocenters. The fourth-order valence-corrected chi connectivity index (χ4v) is 3.08. The lowest BCUT2D eigenvalue weighted by Crippen LogP contribution is -2.33. The summed E-state index contributed by atoms with van der Waals surface area (Å²) in [6.07, 6.45) is 1.01. The topological polar surface area (TPSA) is 63.7 Å². The Labute approximate surface area is 155 Å².